The maximum Gasteiger partial charge on any atom is 0.259 e. The highest BCUT2D eigenvalue weighted by Gasteiger charge is 2.16. The molecule has 7 nitrogen and oxygen atoms in total. The van der Waals surface area contributed by atoms with E-state index in [1.54, 1.807) is 30.4 Å². The fourth-order valence-electron chi connectivity index (χ4n) is 3.76. The summed E-state index contributed by atoms with van der Waals surface area (Å²) in [7, 11) is 0. The van der Waals surface area contributed by atoms with E-state index in [2.05, 4.69) is 25.6 Å². The highest BCUT2D eigenvalue weighted by molar-refractivity contribution is 7.98. The van der Waals surface area contributed by atoms with Crippen LogP contribution < -0.4 is 10.6 Å². The molecule has 0 atom stereocenters. The van der Waals surface area contributed by atoms with Crippen molar-refractivity contribution in [2.45, 2.75) is 17.6 Å². The number of fused-ring (bicyclic) bond motifs is 2. The number of carbonyl (C=O) groups is 2. The van der Waals surface area contributed by atoms with E-state index in [0.717, 1.165) is 32.1 Å². The zero-order valence-electron chi connectivity index (χ0n) is 18.3. The number of H-pyrrole nitrogens is 1. The van der Waals surface area contributed by atoms with E-state index in [-0.39, 0.29) is 11.8 Å². The van der Waals surface area contributed by atoms with E-state index in [9.17, 15) is 9.59 Å². The van der Waals surface area contributed by atoms with Crippen LogP contribution in [0.2, 0.25) is 0 Å². The maximum atomic E-state index is 13.2. The van der Waals surface area contributed by atoms with Gasteiger partial charge in [-0.1, -0.05) is 30.3 Å². The van der Waals surface area contributed by atoms with Gasteiger partial charge in [-0.05, 0) is 41.3 Å². The van der Waals surface area contributed by atoms with Gasteiger partial charge in [0, 0.05) is 52.5 Å². The number of hydrogen-bond acceptors (Lipinski definition) is 5. The van der Waals surface area contributed by atoms with Gasteiger partial charge in [-0.2, -0.15) is 0 Å². The van der Waals surface area contributed by atoms with Gasteiger partial charge in [-0.25, -0.2) is 9.97 Å². The molecule has 2 amide bonds. The van der Waals surface area contributed by atoms with Crippen LogP contribution in [-0.4, -0.2) is 26.8 Å². The zero-order valence-corrected chi connectivity index (χ0v) is 19.1. The smallest absolute Gasteiger partial charge is 0.259 e. The number of pyridine rings is 2. The molecule has 0 aliphatic carbocycles. The zero-order chi connectivity index (χ0) is 23.5. The number of anilines is 2. The van der Waals surface area contributed by atoms with E-state index in [4.69, 9.17) is 0 Å². The summed E-state index contributed by atoms with van der Waals surface area (Å²) in [5.41, 5.74) is 2.46. The molecule has 0 aliphatic heterocycles. The molecule has 0 spiro atoms. The molecule has 3 heterocycles. The van der Waals surface area contributed by atoms with Crippen molar-refractivity contribution in [1.82, 2.24) is 15.0 Å². The van der Waals surface area contributed by atoms with Crippen molar-refractivity contribution < 1.29 is 9.59 Å². The molecular formula is C26H21N5O2S. The van der Waals surface area contributed by atoms with Crippen LogP contribution in [-0.2, 0) is 10.5 Å². The van der Waals surface area contributed by atoms with Gasteiger partial charge in [0.2, 0.25) is 5.91 Å². The predicted molar refractivity (Wildman–Crippen MR) is 136 cm³/mol. The molecule has 5 aromatic rings. The van der Waals surface area contributed by atoms with Crippen molar-refractivity contribution in [2.24, 2.45) is 0 Å². The molecule has 0 aliphatic rings. The summed E-state index contributed by atoms with van der Waals surface area (Å²) >= 11 is 1.62. The first-order valence-electron chi connectivity index (χ1n) is 10.7. The summed E-state index contributed by atoms with van der Waals surface area (Å²) < 4.78 is 0. The molecule has 0 radical (unpaired) electrons. The second kappa shape index (κ2) is 9.36. The second-order valence-corrected chi connectivity index (χ2v) is 8.79. The van der Waals surface area contributed by atoms with Gasteiger partial charge in [0.1, 0.15) is 11.6 Å². The molecule has 0 fully saturated rings. The lowest BCUT2D eigenvalue weighted by Gasteiger charge is -2.09. The van der Waals surface area contributed by atoms with Crippen molar-refractivity contribution in [2.75, 3.05) is 10.6 Å². The van der Waals surface area contributed by atoms with Crippen LogP contribution in [0.3, 0.4) is 0 Å². The number of rotatable bonds is 6. The van der Waals surface area contributed by atoms with Crippen LogP contribution in [0.25, 0.3) is 21.7 Å². The van der Waals surface area contributed by atoms with E-state index < -0.39 is 0 Å². The van der Waals surface area contributed by atoms with Gasteiger partial charge in [-0.15, -0.1) is 11.8 Å². The SMILES string of the molecule is CC(=O)Nc1cc(CSc2cccc3[nH]cc(C(=O)Nc4cc5ccccc5cn4)c23)ccn1. The Morgan fingerprint density at radius 2 is 1.76 bits per heavy atom. The van der Waals surface area contributed by atoms with Crippen LogP contribution in [0.4, 0.5) is 11.6 Å². The van der Waals surface area contributed by atoms with Gasteiger partial charge >= 0.3 is 0 Å². The Kier molecular flexibility index (Phi) is 5.97. The fraction of sp³-hybridized carbons (Fsp3) is 0.0769. The number of benzene rings is 2. The number of nitrogens with one attached hydrogen (secondary N) is 3. The molecule has 0 saturated heterocycles. The Bertz CT molecular complexity index is 1530. The Balaban J connectivity index is 1.39. The fourth-order valence-corrected chi connectivity index (χ4v) is 4.80. The average molecular weight is 468 g/mol. The summed E-state index contributed by atoms with van der Waals surface area (Å²) in [4.78, 5) is 37.2. The van der Waals surface area contributed by atoms with Crippen LogP contribution >= 0.6 is 11.8 Å². The third kappa shape index (κ3) is 4.62. The van der Waals surface area contributed by atoms with E-state index >= 15 is 0 Å². The lowest BCUT2D eigenvalue weighted by molar-refractivity contribution is -0.114. The Labute approximate surface area is 200 Å². The van der Waals surface area contributed by atoms with Crippen molar-refractivity contribution in [1.29, 1.82) is 0 Å². The number of thioether (sulfide) groups is 1. The quantitative estimate of drug-likeness (QED) is 0.282. The average Bonchev–Trinajstić information content (AvgIpc) is 3.28. The van der Waals surface area contributed by atoms with Gasteiger partial charge in [0.25, 0.3) is 5.91 Å². The van der Waals surface area contributed by atoms with Gasteiger partial charge in [-0.3, -0.25) is 9.59 Å². The minimum Gasteiger partial charge on any atom is -0.360 e. The number of amides is 2. The normalized spacial score (nSPS) is 11.0. The Hall–Kier alpha value is -4.17. The number of hydrogen-bond donors (Lipinski definition) is 3. The molecule has 3 aromatic heterocycles. The van der Waals surface area contributed by atoms with Gasteiger partial charge < -0.3 is 15.6 Å². The summed E-state index contributed by atoms with van der Waals surface area (Å²) in [5, 5.41) is 8.52. The summed E-state index contributed by atoms with van der Waals surface area (Å²) in [6.45, 7) is 1.45. The second-order valence-electron chi connectivity index (χ2n) is 7.77. The first-order chi connectivity index (χ1) is 16.6. The monoisotopic (exact) mass is 467 g/mol. The highest BCUT2D eigenvalue weighted by Crippen LogP contribution is 2.33. The minimum absolute atomic E-state index is 0.161. The molecule has 0 saturated carbocycles. The summed E-state index contributed by atoms with van der Waals surface area (Å²) in [5.74, 6) is 1.30. The number of aromatic amines is 1. The van der Waals surface area contributed by atoms with E-state index in [1.807, 2.05) is 60.7 Å². The van der Waals surface area contributed by atoms with Crippen LogP contribution in [0.1, 0.15) is 22.8 Å². The first kappa shape index (κ1) is 21.7. The Morgan fingerprint density at radius 3 is 2.62 bits per heavy atom. The number of aromatic nitrogens is 3. The molecule has 3 N–H and O–H groups in total. The van der Waals surface area contributed by atoms with Crippen molar-refractivity contribution >= 4 is 56.9 Å². The predicted octanol–water partition coefficient (Wildman–Crippen LogP) is 5.61. The minimum atomic E-state index is -0.223. The first-order valence-corrected chi connectivity index (χ1v) is 11.7. The molecule has 5 rings (SSSR count). The van der Waals surface area contributed by atoms with Crippen molar-refractivity contribution in [3.8, 4) is 0 Å². The lowest BCUT2D eigenvalue weighted by atomic mass is 10.1. The Morgan fingerprint density at radius 1 is 0.941 bits per heavy atom. The standard InChI is InChI=1S/C26H21N5O2S/c1-16(32)30-23-11-17(9-10-27-23)15-34-22-8-4-7-21-25(22)20(14-28-21)26(33)31-24-12-18-5-2-3-6-19(18)13-29-24/h2-14,28H,15H2,1H3,(H,27,30,32)(H,29,31,33). The van der Waals surface area contributed by atoms with Gasteiger partial charge in [0.05, 0.1) is 5.56 Å². The van der Waals surface area contributed by atoms with Crippen molar-refractivity contribution in [3.63, 3.8) is 0 Å². The highest BCUT2D eigenvalue weighted by atomic mass is 32.2. The molecule has 0 unspecified atom stereocenters. The maximum absolute atomic E-state index is 13.2. The van der Waals surface area contributed by atoms with Crippen LogP contribution in [0.5, 0.6) is 0 Å². The van der Waals surface area contributed by atoms with Crippen molar-refractivity contribution in [3.05, 3.63) is 90.4 Å². The van der Waals surface area contributed by atoms with E-state index in [0.29, 0.717) is 23.0 Å². The summed E-state index contributed by atoms with van der Waals surface area (Å²) in [6.07, 6.45) is 5.16. The third-order valence-electron chi connectivity index (χ3n) is 5.31. The number of nitrogens with zero attached hydrogens (tertiary/aromatic N) is 2. The van der Waals surface area contributed by atoms with Crippen LogP contribution in [0, 0.1) is 0 Å². The van der Waals surface area contributed by atoms with Gasteiger partial charge in [0.15, 0.2) is 0 Å². The van der Waals surface area contributed by atoms with Crippen LogP contribution in [0.15, 0.2) is 84.1 Å². The topological polar surface area (TPSA) is 99.8 Å². The van der Waals surface area contributed by atoms with E-state index in [1.165, 1.54) is 6.92 Å². The lowest BCUT2D eigenvalue weighted by Crippen LogP contribution is -2.12. The molecular weight excluding hydrogens is 446 g/mol. The summed E-state index contributed by atoms with van der Waals surface area (Å²) in [6, 6.07) is 19.4. The third-order valence-corrected chi connectivity index (χ3v) is 6.44. The molecule has 34 heavy (non-hydrogen) atoms. The largest absolute Gasteiger partial charge is 0.360 e. The number of carbonyl (C=O) groups excluding carboxylic acids is 2. The molecule has 168 valence electrons. The molecule has 0 bridgehead atoms. The molecule has 8 heteroatoms. The molecule has 2 aromatic carbocycles.